The third kappa shape index (κ3) is 15.1. The molecule has 2 atom stereocenters. The van der Waals surface area contributed by atoms with Crippen molar-refractivity contribution in [3.8, 4) is 11.4 Å². The third-order valence-corrected chi connectivity index (χ3v) is 18.6. The lowest BCUT2D eigenvalue weighted by molar-refractivity contribution is 0.424. The molecule has 0 amide bonds. The summed E-state index contributed by atoms with van der Waals surface area (Å²) in [5.74, 6) is 2.48. The summed E-state index contributed by atoms with van der Waals surface area (Å²) < 4.78 is 51.3. The number of pyridine rings is 2. The predicted octanol–water partition coefficient (Wildman–Crippen LogP) is 7.61. The van der Waals surface area contributed by atoms with Crippen molar-refractivity contribution in [3.63, 3.8) is 0 Å². The second kappa shape index (κ2) is 27.6. The van der Waals surface area contributed by atoms with Crippen LogP contribution in [-0.4, -0.2) is 114 Å². The van der Waals surface area contributed by atoms with E-state index in [9.17, 15) is 26.4 Å². The van der Waals surface area contributed by atoms with Crippen LogP contribution in [0.4, 0.5) is 11.6 Å². The summed E-state index contributed by atoms with van der Waals surface area (Å²) in [4.78, 5) is 78.7. The van der Waals surface area contributed by atoms with Gasteiger partial charge in [-0.15, -0.1) is 0 Å². The molecule has 4 fully saturated rings. The minimum absolute atomic E-state index is 0. The zero-order valence-corrected chi connectivity index (χ0v) is 51.2. The van der Waals surface area contributed by atoms with Gasteiger partial charge >= 0.3 is 7.12 Å². The molecule has 0 bridgehead atoms. The lowest BCUT2D eigenvalue weighted by atomic mass is 9.77. The fourth-order valence-corrected chi connectivity index (χ4v) is 11.4. The molecule has 4 saturated carbocycles. The van der Waals surface area contributed by atoms with E-state index in [2.05, 4.69) is 79.3 Å². The van der Waals surface area contributed by atoms with E-state index in [-0.39, 0.29) is 82.2 Å². The molecule has 0 radical (unpaired) electrons. The van der Waals surface area contributed by atoms with E-state index in [1.54, 1.807) is 54.6 Å². The average molecular weight is 1230 g/mol. The zero-order chi connectivity index (χ0) is 60.9. The highest BCUT2D eigenvalue weighted by molar-refractivity contribution is 7.91. The summed E-state index contributed by atoms with van der Waals surface area (Å²) in [7, 11) is -8.18. The van der Waals surface area contributed by atoms with Crippen LogP contribution < -0.4 is 27.2 Å². The highest BCUT2D eigenvalue weighted by Gasteiger charge is 2.35. The molecule has 0 aliphatic heterocycles. The van der Waals surface area contributed by atoms with Crippen LogP contribution >= 0.6 is 11.6 Å². The fourth-order valence-electron chi connectivity index (χ4n) is 9.67. The highest BCUT2D eigenvalue weighted by atomic mass is 35.5. The molecule has 0 aromatic carbocycles. The summed E-state index contributed by atoms with van der Waals surface area (Å²) in [5, 5.41) is 24.6. The molecular formula is C58H74BClN16O8S2. The Balaban J connectivity index is 0.000000180. The van der Waals surface area contributed by atoms with E-state index in [1.807, 2.05) is 20.8 Å². The highest BCUT2D eigenvalue weighted by Crippen LogP contribution is 2.44. The lowest BCUT2D eigenvalue weighted by Gasteiger charge is -2.19. The molecule has 8 heterocycles. The van der Waals surface area contributed by atoms with Crippen LogP contribution in [0.25, 0.3) is 33.7 Å². The van der Waals surface area contributed by atoms with Crippen LogP contribution in [0.2, 0.25) is 5.28 Å². The monoisotopic (exact) mass is 1230 g/mol. The van der Waals surface area contributed by atoms with Gasteiger partial charge in [0.2, 0.25) is 5.28 Å². The van der Waals surface area contributed by atoms with Gasteiger partial charge in [0, 0.05) is 66.3 Å². The normalized spacial score (nSPS) is 15.4. The number of anilines is 2. The van der Waals surface area contributed by atoms with Gasteiger partial charge in [0.25, 0.3) is 11.1 Å². The number of sulfone groups is 2. The van der Waals surface area contributed by atoms with Crippen molar-refractivity contribution in [3.05, 3.63) is 122 Å². The van der Waals surface area contributed by atoms with Gasteiger partial charge in [-0.05, 0) is 126 Å². The number of halogens is 1. The maximum Gasteiger partial charge on any atom is 0.492 e. The molecular weight excluding hydrogens is 1160 g/mol. The summed E-state index contributed by atoms with van der Waals surface area (Å²) in [6.45, 7) is 15.7. The smallest absolute Gasteiger partial charge is 0.423 e. The van der Waals surface area contributed by atoms with E-state index in [0.717, 1.165) is 85.1 Å². The van der Waals surface area contributed by atoms with Crippen LogP contribution in [0, 0.1) is 25.7 Å². The number of rotatable bonds is 18. The number of aryl methyl sites for hydroxylation is 2. The zero-order valence-electron chi connectivity index (χ0n) is 48.8. The predicted molar refractivity (Wildman–Crippen MR) is 331 cm³/mol. The first kappa shape index (κ1) is 64.7. The molecule has 8 aromatic heterocycles. The van der Waals surface area contributed by atoms with E-state index in [4.69, 9.17) is 26.6 Å². The third-order valence-electron chi connectivity index (χ3n) is 15.2. The Kier molecular flexibility index (Phi) is 20.7. The number of hydrogen-bond donors (Lipinski definition) is 4. The fraction of sp³-hybridized carbons (Fsp3) is 0.483. The molecule has 24 nitrogen and oxygen atoms in total. The molecule has 28 heteroatoms. The Morgan fingerprint density at radius 2 is 1.03 bits per heavy atom. The summed E-state index contributed by atoms with van der Waals surface area (Å²) in [6.07, 6.45) is 19.1. The van der Waals surface area contributed by atoms with Crippen LogP contribution in [0.5, 0.6) is 0 Å². The number of hydrogen-bond acceptors (Lipinski definition) is 22. The first-order chi connectivity index (χ1) is 40.7. The van der Waals surface area contributed by atoms with E-state index in [0.29, 0.717) is 63.0 Å². The summed E-state index contributed by atoms with van der Waals surface area (Å²) in [5.41, 5.74) is 7.38. The Hall–Kier alpha value is -7.33. The molecule has 4 aliphatic carbocycles. The number of fused-ring (bicyclic) bond motifs is 2. The molecule has 12 rings (SSSR count). The van der Waals surface area contributed by atoms with Crippen LogP contribution in [0.1, 0.15) is 165 Å². The van der Waals surface area contributed by atoms with E-state index >= 15 is 0 Å². The standard InChI is InChI=1S/C27H30N8O3S.C19H21ClN6O3S.C8H11BN2O2.C3H8.CH4/c1-4-39(37,38)21-10-5-17(11-28-21)12-29-25-27(36)35(16(3)18-6-7-18)26-20(33-25)13-30-24(34-26)22-15(2)31-14-32-23(22)19-8-9-19;1-3-30(28,29)15-7-4-12(8-21-15)9-22-16-18(27)26(11(2)13-5-6-13)17-14(24-16)10-23-19(20)25-17;1-5-7(9(12)13)8(6-2-3-6)11-4-10-5;1-3-2;/h5,10-11,13-14,16,18-19H,4,6-9,12H2,1-3H3,(H,29,33);4,7-8,10-11,13H,3,5-6,9H2,1-2H3,(H,22,24);4,6,12-13H,2-3H2,1H3;3H2,1-2H3;1H4/t16-;11-;;;/m00.../s1. The second-order valence-electron chi connectivity index (χ2n) is 21.8. The average Bonchev–Trinajstić information content (AvgIpc) is 1.13. The SMILES string of the molecule is C.CCC.CCS(=O)(=O)c1ccc(CNc2nc3cnc(-c4c(C)ncnc4C4CC4)nc3n([C@@H](C)C3CC3)c2=O)cn1.CCS(=O)(=O)c1ccc(CNc2nc3cnc(Cl)nc3n([C@@H](C)C3CC3)c2=O)cn1.Cc1ncnc(C2CC2)c1B(O)O. The van der Waals surface area contributed by atoms with E-state index < -0.39 is 26.8 Å². The van der Waals surface area contributed by atoms with Gasteiger partial charge < -0.3 is 20.7 Å². The first-order valence-electron chi connectivity index (χ1n) is 28.7. The van der Waals surface area contributed by atoms with Crippen molar-refractivity contribution in [1.82, 2.24) is 68.9 Å². The Labute approximate surface area is 505 Å². The van der Waals surface area contributed by atoms with Crippen molar-refractivity contribution in [2.45, 2.75) is 168 Å². The van der Waals surface area contributed by atoms with E-state index in [1.165, 1.54) is 43.5 Å². The topological polar surface area (TPSA) is 331 Å². The largest absolute Gasteiger partial charge is 0.492 e. The molecule has 456 valence electrons. The first-order valence-corrected chi connectivity index (χ1v) is 32.4. The maximum atomic E-state index is 13.8. The molecule has 4 aliphatic rings. The molecule has 0 saturated heterocycles. The van der Waals surface area contributed by atoms with Gasteiger partial charge in [-0.25, -0.2) is 71.7 Å². The van der Waals surface area contributed by atoms with Crippen molar-refractivity contribution in [2.75, 3.05) is 22.1 Å². The quantitative estimate of drug-likeness (QED) is 0.0474. The number of aromatic nitrogens is 14. The summed E-state index contributed by atoms with van der Waals surface area (Å²) in [6, 6.07) is 6.21. The number of nitrogens with zero attached hydrogens (tertiary/aromatic N) is 14. The van der Waals surface area contributed by atoms with Crippen LogP contribution in [-0.2, 0) is 32.8 Å². The van der Waals surface area contributed by atoms with Gasteiger partial charge in [-0.3, -0.25) is 18.7 Å². The van der Waals surface area contributed by atoms with Gasteiger partial charge in [0.05, 0.1) is 40.9 Å². The molecule has 86 heavy (non-hydrogen) atoms. The Morgan fingerprint density at radius 1 is 0.593 bits per heavy atom. The van der Waals surface area contributed by atoms with Crippen LogP contribution in [0.3, 0.4) is 0 Å². The Bertz CT molecular complexity index is 4070. The van der Waals surface area contributed by atoms with Crippen molar-refractivity contribution >= 4 is 77.8 Å². The van der Waals surface area contributed by atoms with Gasteiger partial charge in [-0.2, -0.15) is 4.98 Å². The minimum atomic E-state index is -3.38. The minimum Gasteiger partial charge on any atom is -0.423 e. The molecule has 0 unspecified atom stereocenters. The molecule has 0 spiro atoms. The lowest BCUT2D eigenvalue weighted by Crippen LogP contribution is -2.36. The molecule has 4 N–H and O–H groups in total. The Morgan fingerprint density at radius 3 is 1.47 bits per heavy atom. The van der Waals surface area contributed by atoms with Crippen molar-refractivity contribution < 1.29 is 26.9 Å². The van der Waals surface area contributed by atoms with Gasteiger partial charge in [0.15, 0.2) is 58.5 Å². The molecule has 8 aromatic rings. The second-order valence-corrected chi connectivity index (χ2v) is 26.6. The number of nitrogens with one attached hydrogen (secondary N) is 2. The van der Waals surface area contributed by atoms with Crippen molar-refractivity contribution in [1.29, 1.82) is 0 Å². The maximum absolute atomic E-state index is 13.8. The van der Waals surface area contributed by atoms with Gasteiger partial charge in [-0.1, -0.05) is 53.7 Å². The summed E-state index contributed by atoms with van der Waals surface area (Å²) >= 11 is 5.95. The van der Waals surface area contributed by atoms with Crippen molar-refractivity contribution in [2.24, 2.45) is 11.8 Å². The van der Waals surface area contributed by atoms with Crippen LogP contribution in [0.15, 0.2) is 81.3 Å². The van der Waals surface area contributed by atoms with Gasteiger partial charge in [0.1, 0.15) is 23.7 Å².